The van der Waals surface area contributed by atoms with Crippen LogP contribution in [0.5, 0.6) is 5.75 Å². The summed E-state index contributed by atoms with van der Waals surface area (Å²) in [5.74, 6) is 0.840. The van der Waals surface area contributed by atoms with Crippen LogP contribution in [-0.2, 0) is 0 Å². The first-order valence-corrected chi connectivity index (χ1v) is 12.7. The number of rotatable bonds is 7. The van der Waals surface area contributed by atoms with E-state index in [1.54, 1.807) is 0 Å². The van der Waals surface area contributed by atoms with Crippen LogP contribution in [0.3, 0.4) is 0 Å². The second-order valence-corrected chi connectivity index (χ2v) is 14.2. The van der Waals surface area contributed by atoms with Gasteiger partial charge in [-0.3, -0.25) is 0 Å². The van der Waals surface area contributed by atoms with Gasteiger partial charge < -0.3 is 4.43 Å². The summed E-state index contributed by atoms with van der Waals surface area (Å²) >= 11 is 0. The molecule has 0 aliphatic heterocycles. The Bertz CT molecular complexity index is 950. The van der Waals surface area contributed by atoms with Crippen molar-refractivity contribution in [3.63, 3.8) is 0 Å². The molecule has 0 saturated heterocycles. The van der Waals surface area contributed by atoms with E-state index >= 15 is 0 Å². The van der Waals surface area contributed by atoms with E-state index in [2.05, 4.69) is 53.7 Å². The minimum Gasteiger partial charge on any atom is -0.543 e. The van der Waals surface area contributed by atoms with Gasteiger partial charge in [-0.1, -0.05) is 71.4 Å². The summed E-state index contributed by atoms with van der Waals surface area (Å²) in [6.45, 7) is 15.6. The first kappa shape index (κ1) is 23.5. The van der Waals surface area contributed by atoms with Crippen molar-refractivity contribution < 1.29 is 4.43 Å². The summed E-state index contributed by atoms with van der Waals surface area (Å²) in [6, 6.07) is 19.8. The van der Waals surface area contributed by atoms with Gasteiger partial charge in [0, 0.05) is 0 Å². The molecule has 0 heterocycles. The number of aryl methyl sites for hydroxylation is 1. The lowest BCUT2D eigenvalue weighted by Crippen LogP contribution is -2.50. The maximum absolute atomic E-state index is 9.79. The summed E-state index contributed by atoms with van der Waals surface area (Å²) in [5, 5.41) is 19.5. The molecule has 0 amide bonds. The van der Waals surface area contributed by atoms with Crippen molar-refractivity contribution in [2.75, 3.05) is 0 Å². The molecule has 0 bridgehead atoms. The molecule has 0 aromatic heterocycles. The lowest BCUT2D eigenvalue weighted by atomic mass is 9.96. The minimum atomic E-state index is -2.04. The smallest absolute Gasteiger partial charge is 0.258 e. The normalized spacial score (nSPS) is 12.5. The standard InChI is InChI=1S/C26H32N2OSi/c1-18(2)30(19(3)4,20(5)6)29-24-14-12-23(13-15-24)26(17-28)25(16-27)22-10-8-21(7)9-11-22/h8-15,18-20H,1-7H3/b26-25+. The van der Waals surface area contributed by atoms with Crippen LogP contribution < -0.4 is 4.43 Å². The maximum Gasteiger partial charge on any atom is 0.258 e. The average Bonchev–Trinajstić information content (AvgIpc) is 2.71. The molecule has 0 radical (unpaired) electrons. The largest absolute Gasteiger partial charge is 0.543 e. The Morgan fingerprint density at radius 1 is 0.700 bits per heavy atom. The summed E-state index contributed by atoms with van der Waals surface area (Å²) in [4.78, 5) is 0. The zero-order valence-corrected chi connectivity index (χ0v) is 20.2. The van der Waals surface area contributed by atoms with Crippen molar-refractivity contribution >= 4 is 19.5 Å². The van der Waals surface area contributed by atoms with Crippen molar-refractivity contribution in [3.05, 3.63) is 65.2 Å². The number of nitrogens with zero attached hydrogens (tertiary/aromatic N) is 2. The highest BCUT2D eigenvalue weighted by molar-refractivity contribution is 6.78. The summed E-state index contributed by atoms with van der Waals surface area (Å²) in [5.41, 5.74) is 4.83. The van der Waals surface area contributed by atoms with Gasteiger partial charge in [-0.05, 0) is 58.9 Å². The van der Waals surface area contributed by atoms with Gasteiger partial charge in [0.15, 0.2) is 0 Å². The van der Waals surface area contributed by atoms with Crippen molar-refractivity contribution in [3.8, 4) is 17.9 Å². The topological polar surface area (TPSA) is 56.8 Å². The van der Waals surface area contributed by atoms with Crippen LogP contribution in [0.1, 0.15) is 58.2 Å². The van der Waals surface area contributed by atoms with Crippen molar-refractivity contribution in [2.45, 2.75) is 65.1 Å². The predicted molar refractivity (Wildman–Crippen MR) is 127 cm³/mol. The Morgan fingerprint density at radius 2 is 1.07 bits per heavy atom. The summed E-state index contributed by atoms with van der Waals surface area (Å²) < 4.78 is 6.71. The zero-order chi connectivity index (χ0) is 22.5. The van der Waals surface area contributed by atoms with Crippen molar-refractivity contribution in [1.82, 2.24) is 0 Å². The van der Waals surface area contributed by atoms with Gasteiger partial charge >= 0.3 is 0 Å². The second-order valence-electron chi connectivity index (χ2n) is 8.78. The average molecular weight is 417 g/mol. The first-order valence-electron chi connectivity index (χ1n) is 10.6. The molecule has 0 spiro atoms. The summed E-state index contributed by atoms with van der Waals surface area (Å²) in [7, 11) is -2.04. The third-order valence-electron chi connectivity index (χ3n) is 5.96. The maximum atomic E-state index is 9.79. The highest BCUT2D eigenvalue weighted by Crippen LogP contribution is 2.42. The highest BCUT2D eigenvalue weighted by atomic mass is 28.4. The van der Waals surface area contributed by atoms with Crippen LogP contribution in [0.15, 0.2) is 48.5 Å². The fourth-order valence-corrected chi connectivity index (χ4v) is 9.75. The van der Waals surface area contributed by atoms with Gasteiger partial charge in [-0.25, -0.2) is 0 Å². The van der Waals surface area contributed by atoms with Crippen LogP contribution in [0, 0.1) is 29.6 Å². The van der Waals surface area contributed by atoms with Gasteiger partial charge in [-0.15, -0.1) is 0 Å². The monoisotopic (exact) mass is 416 g/mol. The van der Waals surface area contributed by atoms with Crippen molar-refractivity contribution in [2.24, 2.45) is 0 Å². The number of nitriles is 2. The van der Waals surface area contributed by atoms with Crippen LogP contribution in [0.25, 0.3) is 11.1 Å². The third-order valence-corrected chi connectivity index (χ3v) is 12.0. The molecule has 0 aliphatic rings. The Labute approximate surface area is 182 Å². The zero-order valence-electron chi connectivity index (χ0n) is 19.2. The second kappa shape index (κ2) is 9.79. The first-order chi connectivity index (χ1) is 14.2. The van der Waals surface area contributed by atoms with E-state index in [0.29, 0.717) is 27.8 Å². The van der Waals surface area contributed by atoms with Crippen LogP contribution in [0.2, 0.25) is 16.6 Å². The van der Waals surface area contributed by atoms with E-state index in [-0.39, 0.29) is 0 Å². The van der Waals surface area contributed by atoms with Gasteiger partial charge in [0.1, 0.15) is 17.9 Å². The number of hydrogen-bond acceptors (Lipinski definition) is 3. The molecule has 0 N–H and O–H groups in total. The molecule has 4 heteroatoms. The molecule has 0 fully saturated rings. The van der Waals surface area contributed by atoms with E-state index in [9.17, 15) is 10.5 Å². The Morgan fingerprint density at radius 3 is 1.40 bits per heavy atom. The highest BCUT2D eigenvalue weighted by Gasteiger charge is 2.46. The minimum absolute atomic E-state index is 0.382. The molecule has 0 saturated carbocycles. The Kier molecular flexibility index (Phi) is 7.65. The molecule has 0 aliphatic carbocycles. The van der Waals surface area contributed by atoms with Crippen LogP contribution in [0.4, 0.5) is 0 Å². The van der Waals surface area contributed by atoms with Crippen molar-refractivity contribution in [1.29, 1.82) is 10.5 Å². The van der Waals surface area contributed by atoms with E-state index in [0.717, 1.165) is 22.4 Å². The molecule has 0 atom stereocenters. The molecule has 2 aromatic rings. The molecule has 2 rings (SSSR count). The molecule has 3 nitrogen and oxygen atoms in total. The van der Waals surface area contributed by atoms with E-state index in [1.807, 2.05) is 55.5 Å². The van der Waals surface area contributed by atoms with E-state index in [1.165, 1.54) is 0 Å². The fourth-order valence-electron chi connectivity index (χ4n) is 4.50. The SMILES string of the molecule is Cc1ccc(/C(C#N)=C(\C#N)c2ccc(O[Si](C(C)C)(C(C)C)C(C)C)cc2)cc1. The van der Waals surface area contributed by atoms with E-state index in [4.69, 9.17) is 4.43 Å². The number of hydrogen-bond donors (Lipinski definition) is 0. The van der Waals surface area contributed by atoms with Crippen LogP contribution in [-0.4, -0.2) is 8.32 Å². The lowest BCUT2D eigenvalue weighted by Gasteiger charge is -2.42. The molecule has 156 valence electrons. The fraction of sp³-hybridized carbons (Fsp3) is 0.385. The van der Waals surface area contributed by atoms with Gasteiger partial charge in [-0.2, -0.15) is 10.5 Å². The van der Waals surface area contributed by atoms with Gasteiger partial charge in [0.2, 0.25) is 0 Å². The molecule has 0 unspecified atom stereocenters. The summed E-state index contributed by atoms with van der Waals surface area (Å²) in [6.07, 6.45) is 0. The van der Waals surface area contributed by atoms with E-state index < -0.39 is 8.32 Å². The molecular weight excluding hydrogens is 384 g/mol. The number of allylic oxidation sites excluding steroid dienone is 2. The van der Waals surface area contributed by atoms with Gasteiger partial charge in [0.25, 0.3) is 8.32 Å². The lowest BCUT2D eigenvalue weighted by molar-refractivity contribution is 0.480. The third kappa shape index (κ3) is 4.66. The Hall–Kier alpha value is -2.82. The predicted octanol–water partition coefficient (Wildman–Crippen LogP) is 7.51. The quantitative estimate of drug-likeness (QED) is 0.266. The van der Waals surface area contributed by atoms with Crippen LogP contribution >= 0.6 is 0 Å². The Balaban J connectivity index is 2.45. The molecular formula is C26H32N2OSi. The molecule has 30 heavy (non-hydrogen) atoms. The van der Waals surface area contributed by atoms with Gasteiger partial charge in [0.05, 0.1) is 11.1 Å². The molecule has 2 aromatic carbocycles. The number of benzene rings is 2.